The fourth-order valence-corrected chi connectivity index (χ4v) is 2.45. The molecule has 1 unspecified atom stereocenters. The summed E-state index contributed by atoms with van der Waals surface area (Å²) in [5.41, 5.74) is 1.84. The second-order valence-electron chi connectivity index (χ2n) is 4.62. The van der Waals surface area contributed by atoms with E-state index in [1.807, 2.05) is 43.5 Å². The molecule has 1 amide bonds. The van der Waals surface area contributed by atoms with Gasteiger partial charge in [-0.15, -0.1) is 11.3 Å². The fraction of sp³-hybridized carbons (Fsp3) is 0.333. The van der Waals surface area contributed by atoms with Crippen molar-refractivity contribution in [2.24, 2.45) is 5.92 Å². The SMILES string of the molecule is CCNCC(C)C(=O)Nc1cccc(-c2nccs2)c1. The Balaban J connectivity index is 2.03. The zero-order valence-corrected chi connectivity index (χ0v) is 12.5. The third-order valence-corrected chi connectivity index (χ3v) is 3.78. The van der Waals surface area contributed by atoms with E-state index in [0.717, 1.165) is 22.8 Å². The van der Waals surface area contributed by atoms with Crippen LogP contribution < -0.4 is 10.6 Å². The molecule has 0 radical (unpaired) electrons. The molecule has 2 N–H and O–H groups in total. The van der Waals surface area contributed by atoms with Crippen LogP contribution in [0, 0.1) is 5.92 Å². The molecule has 0 saturated heterocycles. The van der Waals surface area contributed by atoms with Gasteiger partial charge < -0.3 is 10.6 Å². The van der Waals surface area contributed by atoms with Crippen LogP contribution in [-0.2, 0) is 4.79 Å². The van der Waals surface area contributed by atoms with Crippen molar-refractivity contribution >= 4 is 22.9 Å². The lowest BCUT2D eigenvalue weighted by atomic mass is 10.1. The highest BCUT2D eigenvalue weighted by atomic mass is 32.1. The van der Waals surface area contributed by atoms with Crippen LogP contribution in [0.5, 0.6) is 0 Å². The minimum Gasteiger partial charge on any atom is -0.326 e. The van der Waals surface area contributed by atoms with E-state index < -0.39 is 0 Å². The number of benzene rings is 1. The molecule has 0 saturated carbocycles. The maximum absolute atomic E-state index is 12.1. The van der Waals surface area contributed by atoms with E-state index in [1.165, 1.54) is 0 Å². The Bertz CT molecular complexity index is 554. The summed E-state index contributed by atoms with van der Waals surface area (Å²) in [6.07, 6.45) is 1.78. The lowest BCUT2D eigenvalue weighted by Gasteiger charge is -2.12. The molecule has 0 spiro atoms. The van der Waals surface area contributed by atoms with Crippen molar-refractivity contribution in [3.63, 3.8) is 0 Å². The molecule has 2 aromatic rings. The number of thiazole rings is 1. The van der Waals surface area contributed by atoms with Gasteiger partial charge in [0, 0.05) is 35.3 Å². The molecule has 5 heteroatoms. The van der Waals surface area contributed by atoms with Gasteiger partial charge in [-0.05, 0) is 18.7 Å². The summed E-state index contributed by atoms with van der Waals surface area (Å²) in [7, 11) is 0. The summed E-state index contributed by atoms with van der Waals surface area (Å²) in [6.45, 7) is 5.51. The first kappa shape index (κ1) is 14.7. The Morgan fingerprint density at radius 2 is 2.30 bits per heavy atom. The van der Waals surface area contributed by atoms with Gasteiger partial charge in [0.1, 0.15) is 5.01 Å². The normalized spacial score (nSPS) is 12.1. The largest absolute Gasteiger partial charge is 0.326 e. The summed E-state index contributed by atoms with van der Waals surface area (Å²) in [5.74, 6) is -0.0271. The summed E-state index contributed by atoms with van der Waals surface area (Å²) in [6, 6.07) is 7.78. The maximum atomic E-state index is 12.1. The first-order chi connectivity index (χ1) is 9.70. The maximum Gasteiger partial charge on any atom is 0.228 e. The average molecular weight is 289 g/mol. The molecule has 1 aromatic carbocycles. The number of carbonyl (C=O) groups is 1. The molecule has 2 rings (SSSR count). The molecular formula is C15H19N3OS. The van der Waals surface area contributed by atoms with Crippen LogP contribution >= 0.6 is 11.3 Å². The molecule has 0 aliphatic carbocycles. The van der Waals surface area contributed by atoms with E-state index in [4.69, 9.17) is 0 Å². The predicted molar refractivity (Wildman–Crippen MR) is 83.9 cm³/mol. The number of anilines is 1. The van der Waals surface area contributed by atoms with E-state index in [-0.39, 0.29) is 11.8 Å². The van der Waals surface area contributed by atoms with Gasteiger partial charge in [0.15, 0.2) is 0 Å². The molecule has 20 heavy (non-hydrogen) atoms. The van der Waals surface area contributed by atoms with Gasteiger partial charge in [-0.25, -0.2) is 4.98 Å². The fourth-order valence-electron chi connectivity index (χ4n) is 1.81. The molecule has 0 fully saturated rings. The van der Waals surface area contributed by atoms with Gasteiger partial charge in [-0.3, -0.25) is 4.79 Å². The number of carbonyl (C=O) groups excluding carboxylic acids is 1. The highest BCUT2D eigenvalue weighted by Crippen LogP contribution is 2.24. The van der Waals surface area contributed by atoms with Crippen molar-refractivity contribution in [3.8, 4) is 10.6 Å². The summed E-state index contributed by atoms with van der Waals surface area (Å²) < 4.78 is 0. The highest BCUT2D eigenvalue weighted by Gasteiger charge is 2.12. The van der Waals surface area contributed by atoms with Crippen LogP contribution in [0.1, 0.15) is 13.8 Å². The number of amides is 1. The van der Waals surface area contributed by atoms with E-state index >= 15 is 0 Å². The number of nitrogens with one attached hydrogen (secondary N) is 2. The third-order valence-electron chi connectivity index (χ3n) is 2.96. The Morgan fingerprint density at radius 1 is 1.45 bits per heavy atom. The summed E-state index contributed by atoms with van der Waals surface area (Å²) in [5, 5.41) is 9.03. The van der Waals surface area contributed by atoms with Crippen LogP contribution in [-0.4, -0.2) is 24.0 Å². The van der Waals surface area contributed by atoms with Crippen LogP contribution in [0.15, 0.2) is 35.8 Å². The average Bonchev–Trinajstić information content (AvgIpc) is 2.99. The van der Waals surface area contributed by atoms with Crippen LogP contribution in [0.4, 0.5) is 5.69 Å². The molecular weight excluding hydrogens is 270 g/mol. The van der Waals surface area contributed by atoms with Gasteiger partial charge >= 0.3 is 0 Å². The van der Waals surface area contributed by atoms with Gasteiger partial charge in [0.05, 0.1) is 0 Å². The number of aromatic nitrogens is 1. The van der Waals surface area contributed by atoms with Crippen LogP contribution in [0.2, 0.25) is 0 Å². The van der Waals surface area contributed by atoms with E-state index in [1.54, 1.807) is 17.5 Å². The molecule has 4 nitrogen and oxygen atoms in total. The Hall–Kier alpha value is -1.72. The third kappa shape index (κ3) is 3.88. The smallest absolute Gasteiger partial charge is 0.228 e. The predicted octanol–water partition coefficient (Wildman–Crippen LogP) is 2.99. The monoisotopic (exact) mass is 289 g/mol. The highest BCUT2D eigenvalue weighted by molar-refractivity contribution is 7.13. The summed E-state index contributed by atoms with van der Waals surface area (Å²) in [4.78, 5) is 16.3. The van der Waals surface area contributed by atoms with E-state index in [9.17, 15) is 4.79 Å². The Kier molecular flexibility index (Phi) is 5.26. The first-order valence-corrected chi connectivity index (χ1v) is 7.60. The van der Waals surface area contributed by atoms with Crippen molar-refractivity contribution in [2.75, 3.05) is 18.4 Å². The second kappa shape index (κ2) is 7.17. The van der Waals surface area contributed by atoms with Gasteiger partial charge in [0.25, 0.3) is 0 Å². The van der Waals surface area contributed by atoms with E-state index in [2.05, 4.69) is 15.6 Å². The number of rotatable bonds is 6. The van der Waals surface area contributed by atoms with Crippen molar-refractivity contribution in [1.29, 1.82) is 0 Å². The second-order valence-corrected chi connectivity index (χ2v) is 5.51. The van der Waals surface area contributed by atoms with Crippen LogP contribution in [0.3, 0.4) is 0 Å². The topological polar surface area (TPSA) is 54.0 Å². The lowest BCUT2D eigenvalue weighted by Crippen LogP contribution is -2.30. The van der Waals surface area contributed by atoms with E-state index in [0.29, 0.717) is 6.54 Å². The quantitative estimate of drug-likeness (QED) is 0.859. The Labute approximate surface area is 123 Å². The van der Waals surface area contributed by atoms with Crippen molar-refractivity contribution in [3.05, 3.63) is 35.8 Å². The zero-order valence-electron chi connectivity index (χ0n) is 11.7. The minimum absolute atomic E-state index is 0.0299. The molecule has 1 aromatic heterocycles. The minimum atomic E-state index is -0.0570. The molecule has 106 valence electrons. The van der Waals surface area contributed by atoms with Crippen molar-refractivity contribution in [1.82, 2.24) is 10.3 Å². The molecule has 0 aliphatic rings. The molecule has 0 bridgehead atoms. The first-order valence-electron chi connectivity index (χ1n) is 6.72. The van der Waals surface area contributed by atoms with Crippen molar-refractivity contribution in [2.45, 2.75) is 13.8 Å². The molecule has 0 aliphatic heterocycles. The zero-order chi connectivity index (χ0) is 14.4. The Morgan fingerprint density at radius 3 is 3.00 bits per heavy atom. The number of hydrogen-bond acceptors (Lipinski definition) is 4. The van der Waals surface area contributed by atoms with Gasteiger partial charge in [-0.1, -0.05) is 26.0 Å². The molecule has 1 heterocycles. The van der Waals surface area contributed by atoms with Crippen molar-refractivity contribution < 1.29 is 4.79 Å². The number of hydrogen-bond donors (Lipinski definition) is 2. The van der Waals surface area contributed by atoms with Crippen LogP contribution in [0.25, 0.3) is 10.6 Å². The molecule has 1 atom stereocenters. The van der Waals surface area contributed by atoms with Gasteiger partial charge in [0.2, 0.25) is 5.91 Å². The number of nitrogens with zero attached hydrogens (tertiary/aromatic N) is 1. The summed E-state index contributed by atoms with van der Waals surface area (Å²) >= 11 is 1.59. The standard InChI is InChI=1S/C15H19N3OS/c1-3-16-10-11(2)14(19)18-13-6-4-5-12(9-13)15-17-7-8-20-15/h4-9,11,16H,3,10H2,1-2H3,(H,18,19). The van der Waals surface area contributed by atoms with Gasteiger partial charge in [-0.2, -0.15) is 0 Å². The lowest BCUT2D eigenvalue weighted by molar-refractivity contribution is -0.119.